The normalized spacial score (nSPS) is 36.8. The molecule has 9 nitrogen and oxygen atoms in total. The van der Waals surface area contributed by atoms with Gasteiger partial charge in [0.2, 0.25) is 5.91 Å². The van der Waals surface area contributed by atoms with E-state index in [1.54, 1.807) is 0 Å². The summed E-state index contributed by atoms with van der Waals surface area (Å²) in [5, 5.41) is 14.1. The van der Waals surface area contributed by atoms with Gasteiger partial charge in [-0.2, -0.15) is 0 Å². The molecule has 0 radical (unpaired) electrons. The molecule has 4 N–H and O–H groups in total. The fourth-order valence-electron chi connectivity index (χ4n) is 9.22. The highest BCUT2D eigenvalue weighted by molar-refractivity contribution is 5.83. The van der Waals surface area contributed by atoms with E-state index in [4.69, 9.17) is 9.47 Å². The number of carbonyl (C=O) groups excluding carboxylic acids is 2. The molecule has 5 aliphatic carbocycles. The first-order valence-electron chi connectivity index (χ1n) is 18.3. The lowest BCUT2D eigenvalue weighted by atomic mass is 9.46. The molecule has 9 heteroatoms. The molecule has 6 rings (SSSR count). The Balaban J connectivity index is 0.901. The molecule has 2 bridgehead atoms. The minimum Gasteiger partial charge on any atom is -0.464 e. The highest BCUT2D eigenvalue weighted by Crippen LogP contribution is 2.61. The summed E-state index contributed by atoms with van der Waals surface area (Å²) in [6.45, 7) is 15.8. The second-order valence-electron chi connectivity index (χ2n) is 15.3. The van der Waals surface area contributed by atoms with Crippen molar-refractivity contribution in [3.63, 3.8) is 0 Å². The lowest BCUT2D eigenvalue weighted by Gasteiger charge is -2.60. The lowest BCUT2D eigenvalue weighted by molar-refractivity contribution is -0.155. The number of amides is 1. The van der Waals surface area contributed by atoms with Crippen molar-refractivity contribution in [2.24, 2.45) is 40.9 Å². The van der Waals surface area contributed by atoms with E-state index in [1.165, 1.54) is 32.1 Å². The molecular formula is C35H63N5O4. The number of nitrogens with one attached hydrogen (secondary N) is 4. The van der Waals surface area contributed by atoms with Gasteiger partial charge in [0.15, 0.2) is 0 Å². The maximum absolute atomic E-state index is 12.8. The van der Waals surface area contributed by atoms with Gasteiger partial charge in [0, 0.05) is 31.6 Å². The Labute approximate surface area is 267 Å². The minimum atomic E-state index is -0.291. The molecule has 44 heavy (non-hydrogen) atoms. The molecule has 1 heterocycles. The van der Waals surface area contributed by atoms with E-state index in [0.29, 0.717) is 47.8 Å². The Morgan fingerprint density at radius 1 is 0.886 bits per heavy atom. The smallest absolute Gasteiger partial charge is 0.325 e. The molecule has 5 saturated carbocycles. The van der Waals surface area contributed by atoms with Crippen molar-refractivity contribution in [3.8, 4) is 0 Å². The van der Waals surface area contributed by atoms with Gasteiger partial charge in [0.05, 0.1) is 19.3 Å². The van der Waals surface area contributed by atoms with Crippen molar-refractivity contribution >= 4 is 11.9 Å². The van der Waals surface area contributed by atoms with Crippen LogP contribution in [-0.4, -0.2) is 87.7 Å². The maximum Gasteiger partial charge on any atom is 0.325 e. The number of esters is 1. The zero-order chi connectivity index (χ0) is 31.1. The van der Waals surface area contributed by atoms with Crippen molar-refractivity contribution in [2.45, 2.75) is 117 Å². The first-order valence-corrected chi connectivity index (χ1v) is 18.3. The van der Waals surface area contributed by atoms with Crippen LogP contribution in [0.15, 0.2) is 0 Å². The van der Waals surface area contributed by atoms with Gasteiger partial charge in [-0.05, 0) is 119 Å². The van der Waals surface area contributed by atoms with Crippen LogP contribution in [0.25, 0.3) is 0 Å². The van der Waals surface area contributed by atoms with Crippen LogP contribution in [0.3, 0.4) is 0 Å². The van der Waals surface area contributed by atoms with Crippen LogP contribution in [0.2, 0.25) is 0 Å². The highest BCUT2D eigenvalue weighted by Gasteiger charge is 2.54. The van der Waals surface area contributed by atoms with Crippen LogP contribution >= 0.6 is 0 Å². The molecule has 252 valence electrons. The average Bonchev–Trinajstić information content (AvgIpc) is 3.06. The monoisotopic (exact) mass is 617 g/mol. The fourth-order valence-corrected chi connectivity index (χ4v) is 9.22. The number of hydrogen-bond acceptors (Lipinski definition) is 8. The van der Waals surface area contributed by atoms with Crippen LogP contribution in [0.4, 0.5) is 0 Å². The first kappa shape index (κ1) is 34.1. The van der Waals surface area contributed by atoms with Crippen LogP contribution < -0.4 is 21.3 Å². The molecule has 1 aliphatic heterocycles. The number of carbonyl (C=O) groups is 2. The quantitative estimate of drug-likeness (QED) is 0.218. The number of ether oxygens (including phenoxy) is 2. The maximum atomic E-state index is 12.8. The summed E-state index contributed by atoms with van der Waals surface area (Å²) < 4.78 is 11.8. The number of likely N-dealkylation sites (N-methyl/N-ethyl adjacent to an activating group) is 1. The molecule has 0 aromatic heterocycles. The van der Waals surface area contributed by atoms with E-state index in [0.717, 1.165) is 83.8 Å². The van der Waals surface area contributed by atoms with Crippen molar-refractivity contribution in [1.82, 2.24) is 26.2 Å². The van der Waals surface area contributed by atoms with Gasteiger partial charge in [0.25, 0.3) is 0 Å². The Hall–Kier alpha value is -1.26. The van der Waals surface area contributed by atoms with E-state index >= 15 is 0 Å². The van der Waals surface area contributed by atoms with Gasteiger partial charge in [0.1, 0.15) is 12.8 Å². The van der Waals surface area contributed by atoms with Crippen molar-refractivity contribution in [1.29, 1.82) is 0 Å². The SMILES string of the molecule is CCN(CC)CCOC1CCC(NC2NCC(C3CCC(C(=O)NCC(=O)OCC4CCC5CC4C5(C)C)CC3)CN2)CC1. The highest BCUT2D eigenvalue weighted by atomic mass is 16.5. The van der Waals surface area contributed by atoms with E-state index in [1.807, 2.05) is 0 Å². The molecule has 1 amide bonds. The second-order valence-corrected chi connectivity index (χ2v) is 15.3. The van der Waals surface area contributed by atoms with E-state index in [-0.39, 0.29) is 30.6 Å². The second kappa shape index (κ2) is 16.0. The summed E-state index contributed by atoms with van der Waals surface area (Å²) in [6.07, 6.45) is 12.9. The lowest BCUT2D eigenvalue weighted by Crippen LogP contribution is -2.63. The summed E-state index contributed by atoms with van der Waals surface area (Å²) in [5.41, 5.74) is 0.394. The van der Waals surface area contributed by atoms with Gasteiger partial charge in [-0.1, -0.05) is 27.7 Å². The van der Waals surface area contributed by atoms with Crippen molar-refractivity contribution in [2.75, 3.05) is 52.5 Å². The molecule has 0 aromatic carbocycles. The molecular weight excluding hydrogens is 554 g/mol. The predicted molar refractivity (Wildman–Crippen MR) is 174 cm³/mol. The zero-order valence-electron chi connectivity index (χ0n) is 28.2. The van der Waals surface area contributed by atoms with Gasteiger partial charge in [-0.15, -0.1) is 0 Å². The largest absolute Gasteiger partial charge is 0.464 e. The van der Waals surface area contributed by atoms with Crippen molar-refractivity contribution < 1.29 is 19.1 Å². The molecule has 0 spiro atoms. The molecule has 0 aromatic rings. The standard InChI is InChI=1S/C35H63N5O4/c1-5-40(6-2)17-18-43-30-15-13-29(14-16-30)39-34-37-20-27(21-38-34)24-7-9-25(10-8-24)33(42)36-22-32(41)44-23-26-11-12-28-19-31(26)35(28,3)4/h24-31,34,37-39H,5-23H2,1-4H3,(H,36,42). The van der Waals surface area contributed by atoms with Crippen molar-refractivity contribution in [3.05, 3.63) is 0 Å². The Morgan fingerprint density at radius 3 is 2.23 bits per heavy atom. The molecule has 3 atom stereocenters. The third-order valence-corrected chi connectivity index (χ3v) is 12.6. The van der Waals surface area contributed by atoms with Crippen LogP contribution in [0, 0.1) is 40.9 Å². The molecule has 6 fully saturated rings. The van der Waals surface area contributed by atoms with Gasteiger partial charge >= 0.3 is 5.97 Å². The van der Waals surface area contributed by atoms with E-state index in [9.17, 15) is 9.59 Å². The number of nitrogens with zero attached hydrogens (tertiary/aromatic N) is 1. The number of hydrogen-bond donors (Lipinski definition) is 4. The summed E-state index contributed by atoms with van der Waals surface area (Å²) >= 11 is 0. The number of rotatable bonds is 14. The minimum absolute atomic E-state index is 0.00164. The third kappa shape index (κ3) is 8.75. The first-order chi connectivity index (χ1) is 21.3. The van der Waals surface area contributed by atoms with E-state index in [2.05, 4.69) is 53.9 Å². The third-order valence-electron chi connectivity index (χ3n) is 12.6. The van der Waals surface area contributed by atoms with Gasteiger partial charge in [-0.3, -0.25) is 25.5 Å². The molecule has 1 saturated heterocycles. The Bertz CT molecular complexity index is 903. The van der Waals surface area contributed by atoms with Crippen LogP contribution in [-0.2, 0) is 19.1 Å². The zero-order valence-corrected chi connectivity index (χ0v) is 28.2. The molecule has 6 aliphatic rings. The Kier molecular flexibility index (Phi) is 12.4. The summed E-state index contributed by atoms with van der Waals surface area (Å²) in [5.74, 6) is 2.98. The van der Waals surface area contributed by atoms with Gasteiger partial charge < -0.3 is 19.7 Å². The molecule has 3 unspecified atom stereocenters. The van der Waals surface area contributed by atoms with E-state index < -0.39 is 0 Å². The number of fused-ring (bicyclic) bond motifs is 2. The summed E-state index contributed by atoms with van der Waals surface area (Å²) in [4.78, 5) is 27.6. The fraction of sp³-hybridized carbons (Fsp3) is 0.943. The van der Waals surface area contributed by atoms with Crippen LogP contribution in [0.1, 0.15) is 98.3 Å². The Morgan fingerprint density at radius 2 is 1.59 bits per heavy atom. The summed E-state index contributed by atoms with van der Waals surface area (Å²) in [6, 6.07) is 0.537. The predicted octanol–water partition coefficient (Wildman–Crippen LogP) is 3.88. The van der Waals surface area contributed by atoms with Crippen LogP contribution in [0.5, 0.6) is 0 Å². The topological polar surface area (TPSA) is 104 Å². The average molecular weight is 618 g/mol. The summed E-state index contributed by atoms with van der Waals surface area (Å²) in [7, 11) is 0. The van der Waals surface area contributed by atoms with Gasteiger partial charge in [-0.25, -0.2) is 0 Å².